The number of aliphatic hydroxyl groups is 1. The van der Waals surface area contributed by atoms with Gasteiger partial charge in [0.25, 0.3) is 0 Å². The summed E-state index contributed by atoms with van der Waals surface area (Å²) >= 11 is 0. The zero-order valence-electron chi connectivity index (χ0n) is 12.2. The third-order valence-electron chi connectivity index (χ3n) is 3.69. The highest BCUT2D eigenvalue weighted by Crippen LogP contribution is 2.33. The monoisotopic (exact) mass is 289 g/mol. The Balaban J connectivity index is 2.35. The Hall–Kier alpha value is -1.91. The number of aliphatic hydroxyl groups excluding tert-OH is 1. The number of hydrogen-bond donors (Lipinski definition) is 2. The van der Waals surface area contributed by atoms with Crippen LogP contribution in [0.1, 0.15) is 28.7 Å². The van der Waals surface area contributed by atoms with Crippen LogP contribution < -0.4 is 10.5 Å². The maximum atomic E-state index is 13.3. The van der Waals surface area contributed by atoms with Crippen LogP contribution in [-0.2, 0) is 0 Å². The molecule has 3 nitrogen and oxygen atoms in total. The Morgan fingerprint density at radius 3 is 2.57 bits per heavy atom. The summed E-state index contributed by atoms with van der Waals surface area (Å²) < 4.78 is 18.6. The number of aryl methyl sites for hydroxylation is 1. The molecule has 2 atom stereocenters. The van der Waals surface area contributed by atoms with Crippen molar-refractivity contribution in [3.8, 4) is 5.75 Å². The number of nitrogens with two attached hydrogens (primary N) is 1. The lowest BCUT2D eigenvalue weighted by Crippen LogP contribution is -2.20. The molecule has 4 heteroatoms. The third-order valence-corrected chi connectivity index (χ3v) is 3.69. The number of hydrogen-bond acceptors (Lipinski definition) is 3. The molecule has 0 amide bonds. The lowest BCUT2D eigenvalue weighted by Gasteiger charge is -2.23. The molecule has 21 heavy (non-hydrogen) atoms. The number of rotatable bonds is 5. The third kappa shape index (κ3) is 3.40. The van der Waals surface area contributed by atoms with E-state index in [4.69, 9.17) is 10.5 Å². The van der Waals surface area contributed by atoms with E-state index in [1.54, 1.807) is 19.2 Å². The van der Waals surface area contributed by atoms with Gasteiger partial charge in [-0.3, -0.25) is 0 Å². The minimum absolute atomic E-state index is 0.254. The summed E-state index contributed by atoms with van der Waals surface area (Å²) in [6.45, 7) is 2.20. The first kappa shape index (κ1) is 15.5. The number of benzene rings is 2. The van der Waals surface area contributed by atoms with Crippen molar-refractivity contribution in [3.63, 3.8) is 0 Å². The maximum Gasteiger partial charge on any atom is 0.123 e. The van der Waals surface area contributed by atoms with Crippen LogP contribution >= 0.6 is 0 Å². The summed E-state index contributed by atoms with van der Waals surface area (Å²) in [6, 6.07) is 11.7. The summed E-state index contributed by atoms with van der Waals surface area (Å²) in [5, 5.41) is 10.5. The van der Waals surface area contributed by atoms with Gasteiger partial charge >= 0.3 is 0 Å². The molecule has 0 aliphatic rings. The van der Waals surface area contributed by atoms with E-state index >= 15 is 0 Å². The van der Waals surface area contributed by atoms with Gasteiger partial charge in [0.2, 0.25) is 0 Å². The average molecular weight is 289 g/mol. The van der Waals surface area contributed by atoms with Gasteiger partial charge in [0.1, 0.15) is 11.6 Å². The van der Waals surface area contributed by atoms with E-state index in [9.17, 15) is 9.50 Å². The lowest BCUT2D eigenvalue weighted by molar-refractivity contribution is 0.147. The molecule has 2 aromatic carbocycles. The number of methoxy groups -OCH3 is 1. The molecule has 0 aromatic heterocycles. The lowest BCUT2D eigenvalue weighted by atomic mass is 9.88. The van der Waals surface area contributed by atoms with Gasteiger partial charge < -0.3 is 15.6 Å². The van der Waals surface area contributed by atoms with E-state index in [-0.39, 0.29) is 18.3 Å². The van der Waals surface area contributed by atoms with Crippen molar-refractivity contribution in [1.82, 2.24) is 0 Å². The van der Waals surface area contributed by atoms with Gasteiger partial charge in [-0.15, -0.1) is 0 Å². The van der Waals surface area contributed by atoms with E-state index in [0.29, 0.717) is 5.56 Å². The van der Waals surface area contributed by atoms with Crippen LogP contribution in [0.5, 0.6) is 5.75 Å². The normalized spacial score (nSPS) is 13.8. The van der Waals surface area contributed by atoms with Gasteiger partial charge in [-0.05, 0) is 41.8 Å². The summed E-state index contributed by atoms with van der Waals surface area (Å²) in [4.78, 5) is 0. The van der Waals surface area contributed by atoms with E-state index in [2.05, 4.69) is 0 Å². The van der Waals surface area contributed by atoms with Crippen molar-refractivity contribution >= 4 is 0 Å². The van der Waals surface area contributed by atoms with E-state index in [1.807, 2.05) is 25.1 Å². The minimum Gasteiger partial charge on any atom is -0.496 e. The SMILES string of the molecule is COc1cc(C(CN)C(O)c2cccc(F)c2)ccc1C. The highest BCUT2D eigenvalue weighted by Gasteiger charge is 2.22. The van der Waals surface area contributed by atoms with Crippen molar-refractivity contribution in [3.05, 3.63) is 65.0 Å². The molecule has 0 bridgehead atoms. The van der Waals surface area contributed by atoms with Crippen LogP contribution in [0.15, 0.2) is 42.5 Å². The predicted molar refractivity (Wildman–Crippen MR) is 80.9 cm³/mol. The van der Waals surface area contributed by atoms with Crippen LogP contribution in [-0.4, -0.2) is 18.8 Å². The molecule has 0 spiro atoms. The van der Waals surface area contributed by atoms with Gasteiger partial charge in [-0.25, -0.2) is 4.39 Å². The molecule has 2 unspecified atom stereocenters. The second-order valence-electron chi connectivity index (χ2n) is 5.07. The molecule has 0 aliphatic carbocycles. The van der Waals surface area contributed by atoms with Crippen LogP contribution in [0, 0.1) is 12.7 Å². The smallest absolute Gasteiger partial charge is 0.123 e. The Morgan fingerprint density at radius 2 is 1.95 bits per heavy atom. The quantitative estimate of drug-likeness (QED) is 0.890. The van der Waals surface area contributed by atoms with E-state index < -0.39 is 6.10 Å². The second kappa shape index (κ2) is 6.70. The number of halogens is 1. The topological polar surface area (TPSA) is 55.5 Å². The Labute approximate surface area is 124 Å². The molecule has 0 heterocycles. The molecular formula is C17H20FNO2. The Morgan fingerprint density at radius 1 is 1.19 bits per heavy atom. The molecular weight excluding hydrogens is 269 g/mol. The summed E-state index contributed by atoms with van der Waals surface area (Å²) in [6.07, 6.45) is -0.863. The standard InChI is InChI=1S/C17H20FNO2/c1-11-6-7-12(9-16(11)21-2)15(10-19)17(20)13-4-3-5-14(18)8-13/h3-9,15,17,20H,10,19H2,1-2H3. The summed E-state index contributed by atoms with van der Waals surface area (Å²) in [7, 11) is 1.60. The first-order valence-electron chi connectivity index (χ1n) is 6.85. The zero-order valence-corrected chi connectivity index (χ0v) is 12.2. The van der Waals surface area contributed by atoms with Crippen molar-refractivity contribution in [2.75, 3.05) is 13.7 Å². The number of ether oxygens (including phenoxy) is 1. The molecule has 0 saturated heterocycles. The van der Waals surface area contributed by atoms with Crippen molar-refractivity contribution in [2.24, 2.45) is 5.73 Å². The van der Waals surface area contributed by atoms with Crippen LogP contribution in [0.3, 0.4) is 0 Å². The molecule has 2 aromatic rings. The molecule has 0 aliphatic heterocycles. The van der Waals surface area contributed by atoms with Gasteiger partial charge in [-0.1, -0.05) is 24.3 Å². The maximum absolute atomic E-state index is 13.3. The minimum atomic E-state index is -0.863. The second-order valence-corrected chi connectivity index (χ2v) is 5.07. The van der Waals surface area contributed by atoms with Crippen LogP contribution in [0.4, 0.5) is 4.39 Å². The largest absolute Gasteiger partial charge is 0.496 e. The fourth-order valence-corrected chi connectivity index (χ4v) is 2.44. The highest BCUT2D eigenvalue weighted by molar-refractivity contribution is 5.39. The van der Waals surface area contributed by atoms with Gasteiger partial charge in [0, 0.05) is 12.5 Å². The summed E-state index contributed by atoms with van der Waals surface area (Å²) in [5.41, 5.74) is 8.22. The predicted octanol–water partition coefficient (Wildman–Crippen LogP) is 2.92. The van der Waals surface area contributed by atoms with Crippen molar-refractivity contribution < 1.29 is 14.2 Å². The molecule has 0 radical (unpaired) electrons. The fourth-order valence-electron chi connectivity index (χ4n) is 2.44. The van der Waals surface area contributed by atoms with Crippen LogP contribution in [0.25, 0.3) is 0 Å². The Kier molecular flexibility index (Phi) is 4.94. The molecule has 0 fully saturated rings. The zero-order chi connectivity index (χ0) is 15.4. The first-order chi connectivity index (χ1) is 10.1. The molecule has 3 N–H and O–H groups in total. The van der Waals surface area contributed by atoms with E-state index in [0.717, 1.165) is 16.9 Å². The van der Waals surface area contributed by atoms with E-state index in [1.165, 1.54) is 12.1 Å². The fraction of sp³-hybridized carbons (Fsp3) is 0.294. The first-order valence-corrected chi connectivity index (χ1v) is 6.85. The van der Waals surface area contributed by atoms with Gasteiger partial charge in [-0.2, -0.15) is 0 Å². The molecule has 112 valence electrons. The average Bonchev–Trinajstić information content (AvgIpc) is 2.49. The van der Waals surface area contributed by atoms with Crippen LogP contribution in [0.2, 0.25) is 0 Å². The molecule has 2 rings (SSSR count). The Bertz CT molecular complexity index is 615. The van der Waals surface area contributed by atoms with Crippen molar-refractivity contribution in [1.29, 1.82) is 0 Å². The van der Waals surface area contributed by atoms with Gasteiger partial charge in [0.15, 0.2) is 0 Å². The molecule has 0 saturated carbocycles. The summed E-state index contributed by atoms with van der Waals surface area (Å²) in [5.74, 6) is 0.0579. The highest BCUT2D eigenvalue weighted by atomic mass is 19.1. The van der Waals surface area contributed by atoms with Crippen molar-refractivity contribution in [2.45, 2.75) is 18.9 Å². The van der Waals surface area contributed by atoms with Gasteiger partial charge in [0.05, 0.1) is 13.2 Å².